The highest BCUT2D eigenvalue weighted by molar-refractivity contribution is 9.11. The quantitative estimate of drug-likeness (QED) is 0.857. The van der Waals surface area contributed by atoms with E-state index in [-0.39, 0.29) is 6.04 Å². The van der Waals surface area contributed by atoms with Gasteiger partial charge in [-0.2, -0.15) is 0 Å². The fourth-order valence-electron chi connectivity index (χ4n) is 2.32. The molecule has 6 heteroatoms. The molecule has 0 spiro atoms. The maximum Gasteiger partial charge on any atom is 0.232 e. The lowest BCUT2D eigenvalue weighted by Gasteiger charge is -2.34. The van der Waals surface area contributed by atoms with E-state index in [2.05, 4.69) is 15.9 Å². The molecule has 0 bridgehead atoms. The van der Waals surface area contributed by atoms with Gasteiger partial charge in [0, 0.05) is 4.48 Å². The molecule has 1 aliphatic rings. The minimum atomic E-state index is -3.39. The van der Waals surface area contributed by atoms with E-state index in [0.717, 1.165) is 23.7 Å². The van der Waals surface area contributed by atoms with Crippen LogP contribution in [0.5, 0.6) is 0 Å². The van der Waals surface area contributed by atoms with Crippen molar-refractivity contribution in [3.05, 3.63) is 34.8 Å². The van der Waals surface area contributed by atoms with Crippen LogP contribution in [0.15, 0.2) is 34.8 Å². The van der Waals surface area contributed by atoms with Gasteiger partial charge in [0.25, 0.3) is 0 Å². The van der Waals surface area contributed by atoms with E-state index < -0.39 is 10.0 Å². The van der Waals surface area contributed by atoms with E-state index in [1.165, 1.54) is 10.6 Å². The van der Waals surface area contributed by atoms with Crippen LogP contribution >= 0.6 is 15.9 Å². The van der Waals surface area contributed by atoms with Gasteiger partial charge in [-0.05, 0) is 31.4 Å². The zero-order chi connectivity index (χ0) is 14.0. The molecule has 0 radical (unpaired) electrons. The van der Waals surface area contributed by atoms with Crippen LogP contribution in [0, 0.1) is 0 Å². The van der Waals surface area contributed by atoms with Crippen molar-refractivity contribution in [2.75, 3.05) is 16.3 Å². The lowest BCUT2D eigenvalue weighted by molar-refractivity contribution is 0.575. The van der Waals surface area contributed by atoms with Crippen LogP contribution in [0.25, 0.3) is 0 Å². The first kappa shape index (κ1) is 14.4. The zero-order valence-corrected chi connectivity index (χ0v) is 13.1. The van der Waals surface area contributed by atoms with Crippen LogP contribution in [0.1, 0.15) is 19.3 Å². The van der Waals surface area contributed by atoms with Gasteiger partial charge in [0.15, 0.2) is 0 Å². The number of benzene rings is 1. The van der Waals surface area contributed by atoms with Crippen LogP contribution in [-0.2, 0) is 10.0 Å². The van der Waals surface area contributed by atoms with Crippen LogP contribution in [0.3, 0.4) is 0 Å². The van der Waals surface area contributed by atoms with Gasteiger partial charge in [0.05, 0.1) is 23.7 Å². The summed E-state index contributed by atoms with van der Waals surface area (Å²) in [6, 6.07) is 6.85. The second-order valence-electron chi connectivity index (χ2n) is 4.65. The number of nitrogen functional groups attached to an aromatic ring is 1. The summed E-state index contributed by atoms with van der Waals surface area (Å²) in [4.78, 5) is 0. The predicted octanol–water partition coefficient (Wildman–Crippen LogP) is 2.87. The Bertz CT molecular complexity index is 598. The van der Waals surface area contributed by atoms with E-state index in [0.29, 0.717) is 11.4 Å². The average molecular weight is 345 g/mol. The number of rotatable bonds is 3. The maximum atomic E-state index is 12.2. The minimum Gasteiger partial charge on any atom is -0.397 e. The van der Waals surface area contributed by atoms with Gasteiger partial charge in [-0.1, -0.05) is 34.1 Å². The number of nitrogens with two attached hydrogens (primary N) is 1. The fraction of sp³-hybridized carbons (Fsp3) is 0.385. The summed E-state index contributed by atoms with van der Waals surface area (Å²) in [5, 5.41) is 0. The molecule has 104 valence electrons. The summed E-state index contributed by atoms with van der Waals surface area (Å²) in [6.07, 6.45) is 5.98. The van der Waals surface area contributed by atoms with Crippen LogP contribution < -0.4 is 10.0 Å². The van der Waals surface area contributed by atoms with Crippen molar-refractivity contribution in [1.29, 1.82) is 0 Å². The molecular weight excluding hydrogens is 328 g/mol. The lowest BCUT2D eigenvalue weighted by atomic mass is 10.0. The molecule has 19 heavy (non-hydrogen) atoms. The van der Waals surface area contributed by atoms with Crippen molar-refractivity contribution >= 4 is 37.3 Å². The summed E-state index contributed by atoms with van der Waals surface area (Å²) in [7, 11) is -3.39. The molecule has 0 heterocycles. The topological polar surface area (TPSA) is 63.4 Å². The molecule has 0 fully saturated rings. The molecule has 1 unspecified atom stereocenters. The standard InChI is InChI=1S/C13H17BrN2O2S/c1-19(17,18)16(12-8-4-2-6-10(12)14)13-9-5-3-7-11(13)15/h3,5-7,9,12H,2,4,8,15H2,1H3. The summed E-state index contributed by atoms with van der Waals surface area (Å²) < 4.78 is 26.6. The van der Waals surface area contributed by atoms with E-state index in [1.807, 2.05) is 6.08 Å². The Balaban J connectivity index is 2.52. The van der Waals surface area contributed by atoms with Crippen molar-refractivity contribution in [1.82, 2.24) is 0 Å². The van der Waals surface area contributed by atoms with Gasteiger partial charge in [-0.3, -0.25) is 4.31 Å². The molecule has 0 aromatic heterocycles. The number of sulfonamides is 1. The predicted molar refractivity (Wildman–Crippen MR) is 82.8 cm³/mol. The molecule has 1 aromatic carbocycles. The second-order valence-corrected chi connectivity index (χ2v) is 7.43. The van der Waals surface area contributed by atoms with Crippen LogP contribution in [-0.4, -0.2) is 20.7 Å². The van der Waals surface area contributed by atoms with Crippen LogP contribution in [0.4, 0.5) is 11.4 Å². The van der Waals surface area contributed by atoms with Gasteiger partial charge in [-0.25, -0.2) is 8.42 Å². The molecule has 2 N–H and O–H groups in total. The molecule has 2 rings (SSSR count). The summed E-state index contributed by atoms with van der Waals surface area (Å²) >= 11 is 3.48. The molecular formula is C13H17BrN2O2S. The first-order valence-corrected chi connectivity index (χ1v) is 8.75. The number of anilines is 2. The van der Waals surface area contributed by atoms with Gasteiger partial charge >= 0.3 is 0 Å². The largest absolute Gasteiger partial charge is 0.397 e. The van der Waals surface area contributed by atoms with Gasteiger partial charge in [0.2, 0.25) is 10.0 Å². The van der Waals surface area contributed by atoms with Gasteiger partial charge in [0.1, 0.15) is 0 Å². The van der Waals surface area contributed by atoms with E-state index >= 15 is 0 Å². The normalized spacial score (nSPS) is 19.9. The average Bonchev–Trinajstić information content (AvgIpc) is 2.33. The number of hydrogen-bond donors (Lipinski definition) is 1. The van der Waals surface area contributed by atoms with E-state index in [1.54, 1.807) is 24.3 Å². The van der Waals surface area contributed by atoms with Crippen molar-refractivity contribution in [3.8, 4) is 0 Å². The van der Waals surface area contributed by atoms with Crippen LogP contribution in [0.2, 0.25) is 0 Å². The Hall–Kier alpha value is -1.01. The lowest BCUT2D eigenvalue weighted by Crippen LogP contribution is -2.41. The third kappa shape index (κ3) is 3.12. The maximum absolute atomic E-state index is 12.2. The first-order chi connectivity index (χ1) is 8.91. The number of para-hydroxylation sites is 2. The van der Waals surface area contributed by atoms with E-state index in [9.17, 15) is 8.42 Å². The highest BCUT2D eigenvalue weighted by Crippen LogP contribution is 2.35. The van der Waals surface area contributed by atoms with Crippen molar-refractivity contribution in [2.24, 2.45) is 0 Å². The Morgan fingerprint density at radius 2 is 2.05 bits per heavy atom. The van der Waals surface area contributed by atoms with Gasteiger partial charge < -0.3 is 5.73 Å². The zero-order valence-electron chi connectivity index (χ0n) is 10.7. The summed E-state index contributed by atoms with van der Waals surface area (Å²) in [5.41, 5.74) is 6.94. The molecule has 0 saturated carbocycles. The second kappa shape index (κ2) is 5.54. The Morgan fingerprint density at radius 3 is 2.63 bits per heavy atom. The smallest absolute Gasteiger partial charge is 0.232 e. The first-order valence-electron chi connectivity index (χ1n) is 6.10. The fourth-order valence-corrected chi connectivity index (χ4v) is 4.32. The van der Waals surface area contributed by atoms with Crippen molar-refractivity contribution in [2.45, 2.75) is 25.3 Å². The molecule has 4 nitrogen and oxygen atoms in total. The third-order valence-corrected chi connectivity index (χ3v) is 5.17. The molecule has 1 atom stereocenters. The molecule has 0 amide bonds. The minimum absolute atomic E-state index is 0.201. The highest BCUT2D eigenvalue weighted by Gasteiger charge is 2.31. The van der Waals surface area contributed by atoms with Crippen molar-refractivity contribution in [3.63, 3.8) is 0 Å². The molecule has 1 aromatic rings. The number of hydrogen-bond acceptors (Lipinski definition) is 3. The Kier molecular flexibility index (Phi) is 4.20. The molecule has 0 saturated heterocycles. The summed E-state index contributed by atoms with van der Waals surface area (Å²) in [6.45, 7) is 0. The third-order valence-electron chi connectivity index (χ3n) is 3.15. The van der Waals surface area contributed by atoms with Crippen molar-refractivity contribution < 1.29 is 8.42 Å². The van der Waals surface area contributed by atoms with Gasteiger partial charge in [-0.15, -0.1) is 0 Å². The summed E-state index contributed by atoms with van der Waals surface area (Å²) in [5.74, 6) is 0. The van der Waals surface area contributed by atoms with E-state index in [4.69, 9.17) is 5.73 Å². The monoisotopic (exact) mass is 344 g/mol. The SMILES string of the molecule is CS(=O)(=O)N(c1ccccc1N)C1CCCC=C1Br. The Labute approximate surface area is 122 Å². The highest BCUT2D eigenvalue weighted by atomic mass is 79.9. The number of allylic oxidation sites excluding steroid dienone is 1. The number of halogens is 1. The number of nitrogens with zero attached hydrogens (tertiary/aromatic N) is 1. The Morgan fingerprint density at radius 1 is 1.37 bits per heavy atom. The molecule has 0 aliphatic heterocycles. The molecule has 1 aliphatic carbocycles.